The van der Waals surface area contributed by atoms with Gasteiger partial charge in [0.25, 0.3) is 0 Å². The number of carbonyl (C=O) groups is 2. The lowest BCUT2D eigenvalue weighted by Gasteiger charge is -2.13. The molecule has 0 aliphatic carbocycles. The number of methoxy groups -OCH3 is 1. The molecule has 5 nitrogen and oxygen atoms in total. The highest BCUT2D eigenvalue weighted by Crippen LogP contribution is 2.34. The highest BCUT2D eigenvalue weighted by atomic mass is 16.5. The Kier molecular flexibility index (Phi) is 5.52. The van der Waals surface area contributed by atoms with Crippen LogP contribution in [0.4, 0.5) is 0 Å². The molecule has 0 atom stereocenters. The summed E-state index contributed by atoms with van der Waals surface area (Å²) in [4.78, 5) is 24.4. The molecular formula is C22H18O5. The van der Waals surface area contributed by atoms with Gasteiger partial charge >= 0.3 is 11.9 Å². The summed E-state index contributed by atoms with van der Waals surface area (Å²) in [6.07, 6.45) is 0. The van der Waals surface area contributed by atoms with E-state index < -0.39 is 11.9 Å². The van der Waals surface area contributed by atoms with E-state index in [0.29, 0.717) is 16.7 Å². The number of carbonyl (C=O) groups excluding carboxylic acids is 2. The smallest absolute Gasteiger partial charge is 0.341 e. The van der Waals surface area contributed by atoms with Gasteiger partial charge in [-0.25, -0.2) is 9.59 Å². The van der Waals surface area contributed by atoms with Crippen molar-refractivity contribution in [3.05, 3.63) is 89.5 Å². The van der Waals surface area contributed by atoms with E-state index in [1.165, 1.54) is 13.2 Å². The standard InChI is InChI=1S/C22H18O5/c1-26-21(24)19-13-7-12-17(20(19)23)16-10-5-6-11-18(16)22(25)27-14-15-8-3-2-4-9-15/h2-13,23H,14H2,1H3. The molecule has 27 heavy (non-hydrogen) atoms. The van der Waals surface area contributed by atoms with E-state index in [9.17, 15) is 14.7 Å². The van der Waals surface area contributed by atoms with Gasteiger partial charge in [0.15, 0.2) is 0 Å². The summed E-state index contributed by atoms with van der Waals surface area (Å²) >= 11 is 0. The summed E-state index contributed by atoms with van der Waals surface area (Å²) in [6, 6.07) is 20.8. The first-order valence-electron chi connectivity index (χ1n) is 8.32. The lowest BCUT2D eigenvalue weighted by atomic mass is 9.97. The molecule has 3 aromatic rings. The van der Waals surface area contributed by atoms with Crippen LogP contribution in [0, 0.1) is 0 Å². The number of phenols is 1. The van der Waals surface area contributed by atoms with E-state index in [-0.39, 0.29) is 17.9 Å². The molecule has 0 bridgehead atoms. The summed E-state index contributed by atoms with van der Waals surface area (Å²) in [7, 11) is 1.24. The number of aromatic hydroxyl groups is 1. The van der Waals surface area contributed by atoms with Crippen molar-refractivity contribution in [2.24, 2.45) is 0 Å². The Labute approximate surface area is 156 Å². The van der Waals surface area contributed by atoms with Crippen molar-refractivity contribution in [1.82, 2.24) is 0 Å². The van der Waals surface area contributed by atoms with Crippen molar-refractivity contribution in [3.63, 3.8) is 0 Å². The third kappa shape index (κ3) is 3.98. The van der Waals surface area contributed by atoms with E-state index in [1.807, 2.05) is 30.3 Å². The second kappa shape index (κ2) is 8.19. The van der Waals surface area contributed by atoms with E-state index in [1.54, 1.807) is 36.4 Å². The second-order valence-electron chi connectivity index (χ2n) is 5.80. The van der Waals surface area contributed by atoms with Crippen molar-refractivity contribution < 1.29 is 24.2 Å². The molecule has 0 fully saturated rings. The number of ether oxygens (including phenoxy) is 2. The molecule has 0 aromatic heterocycles. The Balaban J connectivity index is 1.93. The summed E-state index contributed by atoms with van der Waals surface area (Å²) < 4.78 is 10.1. The van der Waals surface area contributed by atoms with Crippen molar-refractivity contribution >= 4 is 11.9 Å². The minimum atomic E-state index is -0.654. The van der Waals surface area contributed by atoms with Crippen LogP contribution < -0.4 is 0 Å². The molecule has 136 valence electrons. The van der Waals surface area contributed by atoms with Gasteiger partial charge in [-0.2, -0.15) is 0 Å². The minimum absolute atomic E-state index is 0.0301. The quantitative estimate of drug-likeness (QED) is 0.689. The molecule has 0 saturated carbocycles. The molecule has 0 heterocycles. The zero-order valence-corrected chi connectivity index (χ0v) is 14.7. The van der Waals surface area contributed by atoms with Gasteiger partial charge in [0.1, 0.15) is 17.9 Å². The fourth-order valence-electron chi connectivity index (χ4n) is 2.73. The van der Waals surface area contributed by atoms with Crippen LogP contribution in [0.2, 0.25) is 0 Å². The topological polar surface area (TPSA) is 72.8 Å². The van der Waals surface area contributed by atoms with Gasteiger partial charge in [0.05, 0.1) is 12.7 Å². The van der Waals surface area contributed by atoms with Crippen LogP contribution in [0.3, 0.4) is 0 Å². The van der Waals surface area contributed by atoms with Crippen molar-refractivity contribution in [2.75, 3.05) is 7.11 Å². The summed E-state index contributed by atoms with van der Waals surface area (Å²) in [5.74, 6) is -1.41. The highest BCUT2D eigenvalue weighted by Gasteiger charge is 2.20. The third-order valence-electron chi connectivity index (χ3n) is 4.09. The molecule has 5 heteroatoms. The summed E-state index contributed by atoms with van der Waals surface area (Å²) in [6.45, 7) is 0.141. The predicted octanol–water partition coefficient (Wildman–Crippen LogP) is 4.20. The van der Waals surface area contributed by atoms with Crippen molar-refractivity contribution in [3.8, 4) is 16.9 Å². The van der Waals surface area contributed by atoms with Crippen molar-refractivity contribution in [2.45, 2.75) is 6.61 Å². The van der Waals surface area contributed by atoms with Gasteiger partial charge in [-0.1, -0.05) is 60.7 Å². The zero-order valence-electron chi connectivity index (χ0n) is 14.7. The Hall–Kier alpha value is -3.60. The SMILES string of the molecule is COC(=O)c1cccc(-c2ccccc2C(=O)OCc2ccccc2)c1O. The van der Waals surface area contributed by atoms with E-state index in [0.717, 1.165) is 5.56 Å². The first kappa shape index (κ1) is 18.2. The minimum Gasteiger partial charge on any atom is -0.506 e. The maximum absolute atomic E-state index is 12.6. The first-order valence-corrected chi connectivity index (χ1v) is 8.32. The molecule has 0 aliphatic rings. The maximum Gasteiger partial charge on any atom is 0.341 e. The fourth-order valence-corrected chi connectivity index (χ4v) is 2.73. The summed E-state index contributed by atoms with van der Waals surface area (Å²) in [5, 5.41) is 10.5. The number of benzene rings is 3. The molecule has 0 amide bonds. The number of hydrogen-bond donors (Lipinski definition) is 1. The molecule has 0 unspecified atom stereocenters. The lowest BCUT2D eigenvalue weighted by Crippen LogP contribution is -2.07. The third-order valence-corrected chi connectivity index (χ3v) is 4.09. The first-order chi connectivity index (χ1) is 13.1. The van der Waals surface area contributed by atoms with Gasteiger partial charge in [0, 0.05) is 5.56 Å². The Morgan fingerprint density at radius 3 is 2.15 bits per heavy atom. The zero-order chi connectivity index (χ0) is 19.2. The molecule has 0 radical (unpaired) electrons. The number of phenolic OH excluding ortho intramolecular Hbond substituents is 1. The second-order valence-corrected chi connectivity index (χ2v) is 5.80. The number of rotatable bonds is 5. The van der Waals surface area contributed by atoms with Crippen LogP contribution in [-0.4, -0.2) is 24.2 Å². The number of para-hydroxylation sites is 1. The van der Waals surface area contributed by atoms with Gasteiger partial charge in [-0.15, -0.1) is 0 Å². The van der Waals surface area contributed by atoms with Crippen LogP contribution in [0.25, 0.3) is 11.1 Å². The molecule has 0 spiro atoms. The normalized spacial score (nSPS) is 10.3. The molecule has 0 aliphatic heterocycles. The van der Waals surface area contributed by atoms with E-state index in [4.69, 9.17) is 4.74 Å². The van der Waals surface area contributed by atoms with E-state index >= 15 is 0 Å². The Morgan fingerprint density at radius 2 is 1.41 bits per heavy atom. The largest absolute Gasteiger partial charge is 0.506 e. The lowest BCUT2D eigenvalue weighted by molar-refractivity contribution is 0.0473. The van der Waals surface area contributed by atoms with Gasteiger partial charge in [0.2, 0.25) is 0 Å². The Morgan fingerprint density at radius 1 is 0.778 bits per heavy atom. The molecule has 3 aromatic carbocycles. The van der Waals surface area contributed by atoms with Crippen molar-refractivity contribution in [1.29, 1.82) is 0 Å². The average molecular weight is 362 g/mol. The van der Waals surface area contributed by atoms with Crippen LogP contribution >= 0.6 is 0 Å². The molecule has 0 saturated heterocycles. The average Bonchev–Trinajstić information content (AvgIpc) is 2.72. The van der Waals surface area contributed by atoms with Gasteiger partial charge in [-0.3, -0.25) is 0 Å². The predicted molar refractivity (Wildman–Crippen MR) is 100 cm³/mol. The number of hydrogen-bond acceptors (Lipinski definition) is 5. The van der Waals surface area contributed by atoms with Crippen LogP contribution in [-0.2, 0) is 16.1 Å². The van der Waals surface area contributed by atoms with Crippen LogP contribution in [0.15, 0.2) is 72.8 Å². The van der Waals surface area contributed by atoms with E-state index in [2.05, 4.69) is 4.74 Å². The monoisotopic (exact) mass is 362 g/mol. The highest BCUT2D eigenvalue weighted by molar-refractivity contribution is 6.01. The molecular weight excluding hydrogens is 344 g/mol. The molecule has 1 N–H and O–H groups in total. The number of esters is 2. The fraction of sp³-hybridized carbons (Fsp3) is 0.0909. The summed E-state index contributed by atoms with van der Waals surface area (Å²) in [5.41, 5.74) is 2.02. The maximum atomic E-state index is 12.6. The molecule has 3 rings (SSSR count). The van der Waals surface area contributed by atoms with Gasteiger partial charge in [-0.05, 0) is 23.3 Å². The van der Waals surface area contributed by atoms with Gasteiger partial charge < -0.3 is 14.6 Å². The van der Waals surface area contributed by atoms with Crippen LogP contribution in [0.1, 0.15) is 26.3 Å². The van der Waals surface area contributed by atoms with Crippen LogP contribution in [0.5, 0.6) is 5.75 Å². The Bertz CT molecular complexity index is 963.